The van der Waals surface area contributed by atoms with Crippen molar-refractivity contribution >= 4 is 27.3 Å². The number of hydrogen-bond donors (Lipinski definition) is 2. The van der Waals surface area contributed by atoms with Crippen LogP contribution in [0.4, 0.5) is 15.8 Å². The first-order chi connectivity index (χ1) is 11.9. The first-order valence-electron chi connectivity index (χ1n) is 7.17. The van der Waals surface area contributed by atoms with Crippen LogP contribution in [0.5, 0.6) is 0 Å². The molecule has 0 radical (unpaired) electrons. The zero-order valence-corrected chi connectivity index (χ0v) is 13.6. The van der Waals surface area contributed by atoms with Crippen LogP contribution in [-0.4, -0.2) is 14.3 Å². The summed E-state index contributed by atoms with van der Waals surface area (Å²) in [5.41, 5.74) is 0.641. The van der Waals surface area contributed by atoms with Crippen LogP contribution in [0.2, 0.25) is 0 Å². The van der Waals surface area contributed by atoms with Gasteiger partial charge < -0.3 is 9.73 Å². The molecular weight excluding hydrogens is 347 g/mol. The third-order valence-corrected chi connectivity index (χ3v) is 4.64. The maximum Gasteiger partial charge on any atom is 0.291 e. The van der Waals surface area contributed by atoms with Crippen molar-refractivity contribution in [1.82, 2.24) is 0 Å². The quantitative estimate of drug-likeness (QED) is 0.729. The number of benzene rings is 2. The molecule has 0 unspecified atom stereocenters. The summed E-state index contributed by atoms with van der Waals surface area (Å²) >= 11 is 0. The molecule has 3 aromatic rings. The summed E-state index contributed by atoms with van der Waals surface area (Å²) in [5, 5.41) is 2.60. The summed E-state index contributed by atoms with van der Waals surface area (Å²) in [5.74, 6) is -0.845. The fourth-order valence-corrected chi connectivity index (χ4v) is 3.14. The van der Waals surface area contributed by atoms with Crippen LogP contribution in [-0.2, 0) is 10.0 Å². The zero-order chi connectivity index (χ0) is 17.9. The van der Waals surface area contributed by atoms with E-state index in [1.54, 1.807) is 18.2 Å². The van der Waals surface area contributed by atoms with Gasteiger partial charge in [0.2, 0.25) is 0 Å². The van der Waals surface area contributed by atoms with Gasteiger partial charge >= 0.3 is 0 Å². The predicted octanol–water partition coefficient (Wildman–Crippen LogP) is 3.47. The summed E-state index contributed by atoms with van der Waals surface area (Å²) in [6.45, 7) is 0. The average molecular weight is 360 g/mol. The zero-order valence-electron chi connectivity index (χ0n) is 12.8. The van der Waals surface area contributed by atoms with E-state index in [0.29, 0.717) is 5.69 Å². The van der Waals surface area contributed by atoms with Crippen LogP contribution >= 0.6 is 0 Å². The number of halogens is 1. The second-order valence-corrected chi connectivity index (χ2v) is 6.75. The van der Waals surface area contributed by atoms with Gasteiger partial charge in [-0.25, -0.2) is 12.8 Å². The fraction of sp³-hybridized carbons (Fsp3) is 0. The van der Waals surface area contributed by atoms with Gasteiger partial charge in [-0.2, -0.15) is 0 Å². The molecule has 0 spiro atoms. The van der Waals surface area contributed by atoms with Crippen molar-refractivity contribution in [3.8, 4) is 0 Å². The van der Waals surface area contributed by atoms with Gasteiger partial charge in [0.15, 0.2) is 5.76 Å². The highest BCUT2D eigenvalue weighted by Gasteiger charge is 2.15. The first kappa shape index (κ1) is 16.7. The van der Waals surface area contributed by atoms with E-state index in [9.17, 15) is 17.6 Å². The van der Waals surface area contributed by atoms with E-state index >= 15 is 0 Å². The number of furan rings is 1. The largest absolute Gasteiger partial charge is 0.459 e. The lowest BCUT2D eigenvalue weighted by Gasteiger charge is -2.10. The lowest BCUT2D eigenvalue weighted by molar-refractivity contribution is 0.0996. The summed E-state index contributed by atoms with van der Waals surface area (Å²) in [6.07, 6.45) is 1.38. The first-order valence-corrected chi connectivity index (χ1v) is 8.66. The van der Waals surface area contributed by atoms with Gasteiger partial charge in [0.25, 0.3) is 15.9 Å². The molecule has 0 atom stereocenters. The van der Waals surface area contributed by atoms with Crippen LogP contribution in [0, 0.1) is 5.82 Å². The number of rotatable bonds is 5. The number of carbonyl (C=O) groups is 1. The van der Waals surface area contributed by atoms with Crippen molar-refractivity contribution in [3.63, 3.8) is 0 Å². The van der Waals surface area contributed by atoms with Gasteiger partial charge in [-0.05, 0) is 54.6 Å². The molecule has 1 amide bonds. The van der Waals surface area contributed by atoms with Gasteiger partial charge in [0, 0.05) is 5.69 Å². The van der Waals surface area contributed by atoms with Gasteiger partial charge in [-0.1, -0.05) is 6.07 Å². The molecule has 0 aliphatic rings. The predicted molar refractivity (Wildman–Crippen MR) is 90.3 cm³/mol. The topological polar surface area (TPSA) is 88.4 Å². The Morgan fingerprint density at radius 3 is 2.36 bits per heavy atom. The molecule has 8 heteroatoms. The van der Waals surface area contributed by atoms with Crippen LogP contribution in [0.3, 0.4) is 0 Å². The molecule has 2 aromatic carbocycles. The van der Waals surface area contributed by atoms with Crippen molar-refractivity contribution in [2.45, 2.75) is 4.90 Å². The Hall–Kier alpha value is -3.13. The number of sulfonamides is 1. The normalized spacial score (nSPS) is 11.1. The van der Waals surface area contributed by atoms with E-state index in [1.165, 1.54) is 36.6 Å². The SMILES string of the molecule is O=C(Nc1cccc(NS(=O)(=O)c2ccc(F)cc2)c1)c1ccco1. The van der Waals surface area contributed by atoms with E-state index in [4.69, 9.17) is 4.42 Å². The van der Waals surface area contributed by atoms with Crippen LogP contribution in [0.25, 0.3) is 0 Å². The Bertz CT molecular complexity index is 984. The number of hydrogen-bond acceptors (Lipinski definition) is 4. The van der Waals surface area contributed by atoms with Crippen molar-refractivity contribution in [2.75, 3.05) is 10.0 Å². The smallest absolute Gasteiger partial charge is 0.291 e. The minimum Gasteiger partial charge on any atom is -0.459 e. The molecule has 3 rings (SSSR count). The van der Waals surface area contributed by atoms with Gasteiger partial charge in [-0.3, -0.25) is 9.52 Å². The molecule has 0 bridgehead atoms. The lowest BCUT2D eigenvalue weighted by Crippen LogP contribution is -2.14. The third-order valence-electron chi connectivity index (χ3n) is 3.24. The molecule has 2 N–H and O–H groups in total. The highest BCUT2D eigenvalue weighted by atomic mass is 32.2. The summed E-state index contributed by atoms with van der Waals surface area (Å²) in [6, 6.07) is 13.7. The number of carbonyl (C=O) groups excluding carboxylic acids is 1. The second-order valence-electron chi connectivity index (χ2n) is 5.07. The Morgan fingerprint density at radius 1 is 0.960 bits per heavy atom. The standard InChI is InChI=1S/C17H13FN2O4S/c18-12-6-8-15(9-7-12)25(22,23)20-14-4-1-3-13(11-14)19-17(21)16-5-2-10-24-16/h1-11,20H,(H,19,21). The molecule has 0 saturated carbocycles. The Kier molecular flexibility index (Phi) is 4.53. The van der Waals surface area contributed by atoms with E-state index in [2.05, 4.69) is 10.0 Å². The molecule has 6 nitrogen and oxygen atoms in total. The van der Waals surface area contributed by atoms with E-state index in [1.807, 2.05) is 0 Å². The molecule has 0 saturated heterocycles. The molecular formula is C17H13FN2O4S. The average Bonchev–Trinajstić information content (AvgIpc) is 3.10. The highest BCUT2D eigenvalue weighted by Crippen LogP contribution is 2.20. The molecule has 128 valence electrons. The Morgan fingerprint density at radius 2 is 1.68 bits per heavy atom. The van der Waals surface area contributed by atoms with Crippen molar-refractivity contribution < 1.29 is 22.0 Å². The number of amides is 1. The van der Waals surface area contributed by atoms with Crippen molar-refractivity contribution in [2.24, 2.45) is 0 Å². The monoisotopic (exact) mass is 360 g/mol. The van der Waals surface area contributed by atoms with Crippen LogP contribution in [0.1, 0.15) is 10.6 Å². The lowest BCUT2D eigenvalue weighted by atomic mass is 10.3. The molecule has 25 heavy (non-hydrogen) atoms. The van der Waals surface area contributed by atoms with Gasteiger partial charge in [0.1, 0.15) is 5.82 Å². The second kappa shape index (κ2) is 6.78. The molecule has 0 aliphatic carbocycles. The number of anilines is 2. The third kappa shape index (κ3) is 4.04. The van der Waals surface area contributed by atoms with Crippen LogP contribution < -0.4 is 10.0 Å². The maximum absolute atomic E-state index is 12.9. The van der Waals surface area contributed by atoms with Crippen molar-refractivity contribution in [1.29, 1.82) is 0 Å². The molecule has 1 heterocycles. The Balaban J connectivity index is 1.77. The number of nitrogens with one attached hydrogen (secondary N) is 2. The summed E-state index contributed by atoms with van der Waals surface area (Å²) < 4.78 is 44.9. The van der Waals surface area contributed by atoms with Crippen LogP contribution in [0.15, 0.2) is 76.2 Å². The van der Waals surface area contributed by atoms with E-state index < -0.39 is 21.7 Å². The van der Waals surface area contributed by atoms with Crippen molar-refractivity contribution in [3.05, 3.63) is 78.5 Å². The molecule has 1 aromatic heterocycles. The maximum atomic E-state index is 12.9. The minimum atomic E-state index is -3.87. The summed E-state index contributed by atoms with van der Waals surface area (Å²) in [7, 11) is -3.87. The van der Waals surface area contributed by atoms with E-state index in [0.717, 1.165) is 12.1 Å². The van der Waals surface area contributed by atoms with E-state index in [-0.39, 0.29) is 16.3 Å². The minimum absolute atomic E-state index is 0.0704. The Labute approximate surface area is 143 Å². The molecule has 0 fully saturated rings. The highest BCUT2D eigenvalue weighted by molar-refractivity contribution is 7.92. The molecule has 0 aliphatic heterocycles. The van der Waals surface area contributed by atoms with Gasteiger partial charge in [-0.15, -0.1) is 0 Å². The fourth-order valence-electron chi connectivity index (χ4n) is 2.09. The van der Waals surface area contributed by atoms with Gasteiger partial charge in [0.05, 0.1) is 16.8 Å². The summed E-state index contributed by atoms with van der Waals surface area (Å²) in [4.78, 5) is 11.9.